The summed E-state index contributed by atoms with van der Waals surface area (Å²) in [7, 11) is 1.95. The van der Waals surface area contributed by atoms with Crippen molar-refractivity contribution in [1.82, 2.24) is 14.5 Å². The first-order chi connectivity index (χ1) is 7.27. The number of pyridine rings is 1. The average Bonchev–Trinajstić information content (AvgIpc) is 2.63. The number of aromatic nitrogens is 3. The SMILES string of the molecule is Cn1ccnc1CNc1ncccc1Cl. The van der Waals surface area contributed by atoms with E-state index in [0.717, 1.165) is 5.82 Å². The molecular weight excluding hydrogens is 212 g/mol. The van der Waals surface area contributed by atoms with Crippen molar-refractivity contribution in [1.29, 1.82) is 0 Å². The fourth-order valence-corrected chi connectivity index (χ4v) is 1.43. The van der Waals surface area contributed by atoms with E-state index in [1.807, 2.05) is 17.8 Å². The largest absolute Gasteiger partial charge is 0.362 e. The van der Waals surface area contributed by atoms with Crippen molar-refractivity contribution in [2.45, 2.75) is 6.54 Å². The summed E-state index contributed by atoms with van der Waals surface area (Å²) in [6.07, 6.45) is 5.36. The number of hydrogen-bond donors (Lipinski definition) is 1. The third-order valence-electron chi connectivity index (χ3n) is 2.09. The fourth-order valence-electron chi connectivity index (χ4n) is 1.25. The summed E-state index contributed by atoms with van der Waals surface area (Å²) in [5.41, 5.74) is 0. The second-order valence-electron chi connectivity index (χ2n) is 3.14. The molecule has 4 nitrogen and oxygen atoms in total. The molecular formula is C10H11ClN4. The molecule has 2 aromatic rings. The van der Waals surface area contributed by atoms with E-state index in [1.54, 1.807) is 24.5 Å². The van der Waals surface area contributed by atoms with E-state index in [2.05, 4.69) is 15.3 Å². The summed E-state index contributed by atoms with van der Waals surface area (Å²) >= 11 is 5.95. The molecule has 1 N–H and O–H groups in total. The van der Waals surface area contributed by atoms with Gasteiger partial charge in [-0.3, -0.25) is 0 Å². The number of aryl methyl sites for hydroxylation is 1. The highest BCUT2D eigenvalue weighted by molar-refractivity contribution is 6.32. The van der Waals surface area contributed by atoms with Gasteiger partial charge in [-0.15, -0.1) is 0 Å². The van der Waals surface area contributed by atoms with Gasteiger partial charge >= 0.3 is 0 Å². The predicted molar refractivity (Wildman–Crippen MR) is 59.8 cm³/mol. The summed E-state index contributed by atoms with van der Waals surface area (Å²) in [6, 6.07) is 3.60. The third-order valence-corrected chi connectivity index (χ3v) is 2.40. The van der Waals surface area contributed by atoms with Crippen molar-refractivity contribution in [2.24, 2.45) is 7.05 Å². The minimum atomic E-state index is 0.611. The Morgan fingerprint density at radius 1 is 1.40 bits per heavy atom. The van der Waals surface area contributed by atoms with Gasteiger partial charge in [0.1, 0.15) is 11.6 Å². The summed E-state index contributed by atoms with van der Waals surface area (Å²) < 4.78 is 1.95. The number of imidazole rings is 1. The molecule has 15 heavy (non-hydrogen) atoms. The molecule has 0 unspecified atom stereocenters. The lowest BCUT2D eigenvalue weighted by molar-refractivity contribution is 0.811. The Hall–Kier alpha value is -1.55. The Morgan fingerprint density at radius 2 is 2.27 bits per heavy atom. The Bertz CT molecular complexity index is 452. The van der Waals surface area contributed by atoms with Gasteiger partial charge in [-0.2, -0.15) is 0 Å². The van der Waals surface area contributed by atoms with Gasteiger partial charge in [0.25, 0.3) is 0 Å². The normalized spacial score (nSPS) is 10.3. The Labute approximate surface area is 92.9 Å². The van der Waals surface area contributed by atoms with Crippen molar-refractivity contribution in [2.75, 3.05) is 5.32 Å². The molecule has 0 spiro atoms. The molecule has 0 atom stereocenters. The zero-order valence-electron chi connectivity index (χ0n) is 8.31. The maximum absolute atomic E-state index is 5.95. The number of nitrogens with one attached hydrogen (secondary N) is 1. The highest BCUT2D eigenvalue weighted by Crippen LogP contribution is 2.17. The first-order valence-corrected chi connectivity index (χ1v) is 4.96. The molecule has 2 rings (SSSR count). The third kappa shape index (κ3) is 2.27. The fraction of sp³-hybridized carbons (Fsp3) is 0.200. The Kier molecular flexibility index (Phi) is 2.87. The smallest absolute Gasteiger partial charge is 0.145 e. The van der Waals surface area contributed by atoms with Gasteiger partial charge in [-0.1, -0.05) is 11.6 Å². The zero-order chi connectivity index (χ0) is 10.7. The van der Waals surface area contributed by atoms with Crippen LogP contribution < -0.4 is 5.32 Å². The lowest BCUT2D eigenvalue weighted by atomic mass is 10.4. The van der Waals surface area contributed by atoms with Gasteiger partial charge in [0.05, 0.1) is 11.6 Å². The molecule has 2 aromatic heterocycles. The van der Waals surface area contributed by atoms with E-state index < -0.39 is 0 Å². The maximum atomic E-state index is 5.95. The summed E-state index contributed by atoms with van der Waals surface area (Å²) in [5, 5.41) is 3.75. The monoisotopic (exact) mass is 222 g/mol. The van der Waals surface area contributed by atoms with E-state index in [-0.39, 0.29) is 0 Å². The van der Waals surface area contributed by atoms with E-state index in [1.165, 1.54) is 0 Å². The lowest BCUT2D eigenvalue weighted by Crippen LogP contribution is -2.06. The van der Waals surface area contributed by atoms with Crippen LogP contribution in [0.3, 0.4) is 0 Å². The molecule has 0 radical (unpaired) electrons. The second kappa shape index (κ2) is 4.31. The molecule has 78 valence electrons. The molecule has 0 aliphatic heterocycles. The van der Waals surface area contributed by atoms with Crippen molar-refractivity contribution < 1.29 is 0 Å². The van der Waals surface area contributed by atoms with Crippen LogP contribution in [0.1, 0.15) is 5.82 Å². The molecule has 0 amide bonds. The van der Waals surface area contributed by atoms with Crippen LogP contribution in [-0.4, -0.2) is 14.5 Å². The van der Waals surface area contributed by atoms with E-state index >= 15 is 0 Å². The highest BCUT2D eigenvalue weighted by atomic mass is 35.5. The molecule has 2 heterocycles. The summed E-state index contributed by atoms with van der Waals surface area (Å²) in [5.74, 6) is 1.62. The Morgan fingerprint density at radius 3 is 2.93 bits per heavy atom. The predicted octanol–water partition coefficient (Wildman–Crippen LogP) is 2.08. The van der Waals surface area contributed by atoms with Crippen molar-refractivity contribution in [3.63, 3.8) is 0 Å². The van der Waals surface area contributed by atoms with E-state index in [4.69, 9.17) is 11.6 Å². The molecule has 0 fully saturated rings. The van der Waals surface area contributed by atoms with E-state index in [0.29, 0.717) is 17.4 Å². The average molecular weight is 223 g/mol. The number of hydrogen-bond acceptors (Lipinski definition) is 3. The van der Waals surface area contributed by atoms with Crippen LogP contribution in [0.5, 0.6) is 0 Å². The van der Waals surface area contributed by atoms with Gasteiger partial charge in [0, 0.05) is 25.6 Å². The van der Waals surface area contributed by atoms with Crippen LogP contribution in [0.25, 0.3) is 0 Å². The minimum absolute atomic E-state index is 0.611. The molecule has 0 aliphatic carbocycles. The standard InChI is InChI=1S/C10H11ClN4/c1-15-6-5-12-9(15)7-14-10-8(11)3-2-4-13-10/h2-6H,7H2,1H3,(H,13,14). The van der Waals surface area contributed by atoms with Gasteiger partial charge in [0.2, 0.25) is 0 Å². The minimum Gasteiger partial charge on any atom is -0.362 e. The van der Waals surface area contributed by atoms with Crippen LogP contribution in [0.15, 0.2) is 30.7 Å². The molecule has 0 saturated carbocycles. The van der Waals surface area contributed by atoms with Crippen molar-refractivity contribution in [3.05, 3.63) is 41.6 Å². The van der Waals surface area contributed by atoms with E-state index in [9.17, 15) is 0 Å². The summed E-state index contributed by atoms with van der Waals surface area (Å²) in [4.78, 5) is 8.32. The van der Waals surface area contributed by atoms with Gasteiger partial charge in [-0.05, 0) is 12.1 Å². The van der Waals surface area contributed by atoms with Crippen LogP contribution in [0, 0.1) is 0 Å². The van der Waals surface area contributed by atoms with Gasteiger partial charge < -0.3 is 9.88 Å². The lowest BCUT2D eigenvalue weighted by Gasteiger charge is -2.06. The Balaban J connectivity index is 2.06. The van der Waals surface area contributed by atoms with Gasteiger partial charge in [-0.25, -0.2) is 9.97 Å². The molecule has 5 heteroatoms. The quantitative estimate of drug-likeness (QED) is 0.865. The second-order valence-corrected chi connectivity index (χ2v) is 3.55. The molecule has 0 saturated heterocycles. The number of halogens is 1. The van der Waals surface area contributed by atoms with Crippen molar-refractivity contribution in [3.8, 4) is 0 Å². The van der Waals surface area contributed by atoms with Crippen LogP contribution >= 0.6 is 11.6 Å². The molecule has 0 aliphatic rings. The molecule has 0 aromatic carbocycles. The zero-order valence-corrected chi connectivity index (χ0v) is 9.07. The van der Waals surface area contributed by atoms with Crippen molar-refractivity contribution >= 4 is 17.4 Å². The summed E-state index contributed by atoms with van der Waals surface area (Å²) in [6.45, 7) is 0.611. The highest BCUT2D eigenvalue weighted by Gasteiger charge is 2.02. The number of anilines is 1. The molecule has 0 bridgehead atoms. The topological polar surface area (TPSA) is 42.7 Å². The van der Waals surface area contributed by atoms with Crippen LogP contribution in [-0.2, 0) is 13.6 Å². The van der Waals surface area contributed by atoms with Crippen LogP contribution in [0.4, 0.5) is 5.82 Å². The van der Waals surface area contributed by atoms with Crippen LogP contribution in [0.2, 0.25) is 5.02 Å². The van der Waals surface area contributed by atoms with Gasteiger partial charge in [0.15, 0.2) is 0 Å². The number of rotatable bonds is 3. The maximum Gasteiger partial charge on any atom is 0.145 e. The number of nitrogens with zero attached hydrogens (tertiary/aromatic N) is 3. The first kappa shape index (κ1) is 9.98. The first-order valence-electron chi connectivity index (χ1n) is 4.58.